The maximum absolute atomic E-state index is 13.9. The Kier molecular flexibility index (Phi) is 4.98. The lowest BCUT2D eigenvalue weighted by molar-refractivity contribution is 0.609. The minimum Gasteiger partial charge on any atom is -0.383 e. The number of aryl methyl sites for hydroxylation is 2. The van der Waals surface area contributed by atoms with Crippen molar-refractivity contribution in [1.29, 1.82) is 0 Å². The summed E-state index contributed by atoms with van der Waals surface area (Å²) in [5.41, 5.74) is 8.85. The molecule has 0 aliphatic heterocycles. The molecule has 1 aliphatic carbocycles. The third kappa shape index (κ3) is 3.65. The van der Waals surface area contributed by atoms with Crippen LogP contribution in [0.3, 0.4) is 0 Å². The number of nitrogens with one attached hydrogen (secondary N) is 1. The summed E-state index contributed by atoms with van der Waals surface area (Å²) in [7, 11) is 3.52. The largest absolute Gasteiger partial charge is 0.383 e. The quantitative estimate of drug-likeness (QED) is 0.364. The third-order valence-corrected chi connectivity index (χ3v) is 6.23. The SMILES string of the molecule is C[C@H](Nc1ncnc(N)c1-c1nnn(C)n1)c1nc2cccc(-c3cnn(C)c3)c2c(=O)n1C1CC1. The number of nitrogen functional groups attached to an aromatic ring is 1. The Bertz CT molecular complexity index is 1660. The van der Waals surface area contributed by atoms with E-state index in [0.29, 0.717) is 33.9 Å². The molecular weight excluding hydrogens is 460 g/mol. The van der Waals surface area contributed by atoms with Crippen molar-refractivity contribution in [1.82, 2.24) is 49.5 Å². The molecule has 0 radical (unpaired) electrons. The molecule has 0 amide bonds. The number of benzene rings is 1. The molecule has 1 saturated carbocycles. The Morgan fingerprint density at radius 1 is 1.19 bits per heavy atom. The molecule has 0 spiro atoms. The van der Waals surface area contributed by atoms with Crippen molar-refractivity contribution in [2.24, 2.45) is 14.1 Å². The summed E-state index contributed by atoms with van der Waals surface area (Å²) in [5, 5.41) is 20.4. The maximum atomic E-state index is 13.9. The van der Waals surface area contributed by atoms with Crippen molar-refractivity contribution in [2.75, 3.05) is 11.1 Å². The lowest BCUT2D eigenvalue weighted by Gasteiger charge is -2.21. The van der Waals surface area contributed by atoms with Gasteiger partial charge in [-0.25, -0.2) is 15.0 Å². The second kappa shape index (κ2) is 8.22. The van der Waals surface area contributed by atoms with Gasteiger partial charge < -0.3 is 11.1 Å². The highest BCUT2D eigenvalue weighted by Gasteiger charge is 2.31. The summed E-state index contributed by atoms with van der Waals surface area (Å²) in [5.74, 6) is 1.58. The Hall–Kier alpha value is -4.68. The van der Waals surface area contributed by atoms with Gasteiger partial charge >= 0.3 is 0 Å². The Morgan fingerprint density at radius 3 is 2.72 bits per heavy atom. The van der Waals surface area contributed by atoms with Crippen LogP contribution in [0.1, 0.15) is 37.7 Å². The Morgan fingerprint density at radius 2 is 2.03 bits per heavy atom. The van der Waals surface area contributed by atoms with Gasteiger partial charge in [-0.1, -0.05) is 12.1 Å². The average molecular weight is 485 g/mol. The van der Waals surface area contributed by atoms with Crippen molar-refractivity contribution in [2.45, 2.75) is 31.8 Å². The van der Waals surface area contributed by atoms with Crippen LogP contribution in [0, 0.1) is 0 Å². The first-order valence-corrected chi connectivity index (χ1v) is 11.6. The highest BCUT2D eigenvalue weighted by Crippen LogP contribution is 2.38. The number of tetrazole rings is 1. The van der Waals surface area contributed by atoms with E-state index in [4.69, 9.17) is 10.7 Å². The van der Waals surface area contributed by atoms with Gasteiger partial charge in [-0.15, -0.1) is 10.2 Å². The van der Waals surface area contributed by atoms with Crippen LogP contribution in [-0.2, 0) is 14.1 Å². The number of fused-ring (bicyclic) bond motifs is 1. The summed E-state index contributed by atoms with van der Waals surface area (Å²) in [6.07, 6.45) is 6.88. The molecule has 5 aromatic rings. The molecule has 0 saturated heterocycles. The minimum atomic E-state index is -0.380. The van der Waals surface area contributed by atoms with Gasteiger partial charge in [0.1, 0.15) is 29.4 Å². The molecule has 4 heterocycles. The molecule has 36 heavy (non-hydrogen) atoms. The number of nitrogens with zero attached hydrogens (tertiary/aromatic N) is 10. The maximum Gasteiger partial charge on any atom is 0.262 e. The number of nitrogens with two attached hydrogens (primary N) is 1. The molecular formula is C23H24N12O. The molecule has 13 heteroatoms. The molecule has 1 fully saturated rings. The van der Waals surface area contributed by atoms with E-state index in [9.17, 15) is 4.79 Å². The monoisotopic (exact) mass is 484 g/mol. The third-order valence-electron chi connectivity index (χ3n) is 6.23. The fourth-order valence-corrected chi connectivity index (χ4v) is 4.43. The van der Waals surface area contributed by atoms with E-state index in [1.807, 2.05) is 42.9 Å². The fraction of sp³-hybridized carbons (Fsp3) is 0.304. The van der Waals surface area contributed by atoms with Gasteiger partial charge in [-0.3, -0.25) is 14.0 Å². The van der Waals surface area contributed by atoms with Crippen molar-refractivity contribution in [3.05, 3.63) is 53.1 Å². The fourth-order valence-electron chi connectivity index (χ4n) is 4.43. The Balaban J connectivity index is 1.47. The lowest BCUT2D eigenvalue weighted by Crippen LogP contribution is -2.28. The van der Waals surface area contributed by atoms with Crippen LogP contribution in [0.15, 0.2) is 41.7 Å². The van der Waals surface area contributed by atoms with Gasteiger partial charge in [0.25, 0.3) is 5.56 Å². The van der Waals surface area contributed by atoms with Gasteiger partial charge in [-0.05, 0) is 36.6 Å². The van der Waals surface area contributed by atoms with E-state index < -0.39 is 0 Å². The number of hydrogen-bond acceptors (Lipinski definition) is 10. The number of aromatic nitrogens is 10. The standard InChI is InChI=1S/C23H24N12O/c1-12(28-20-18(19(24)25-11-26-20)21-30-32-34(3)31-21)22-29-16-6-4-5-15(13-9-27-33(2)10-13)17(16)23(36)35(22)14-7-8-14/h4-6,9-12,14H,7-8H2,1-3H3,(H3,24,25,26,28)/t12-/m0/s1. The Labute approximate surface area is 205 Å². The van der Waals surface area contributed by atoms with Crippen LogP contribution in [-0.4, -0.2) is 49.5 Å². The number of anilines is 2. The van der Waals surface area contributed by atoms with E-state index >= 15 is 0 Å². The summed E-state index contributed by atoms with van der Waals surface area (Å²) in [6, 6.07) is 5.43. The molecule has 182 valence electrons. The summed E-state index contributed by atoms with van der Waals surface area (Å²) < 4.78 is 3.53. The predicted octanol–water partition coefficient (Wildman–Crippen LogP) is 1.87. The van der Waals surface area contributed by atoms with E-state index in [2.05, 4.69) is 35.8 Å². The van der Waals surface area contributed by atoms with E-state index in [1.54, 1.807) is 17.9 Å². The summed E-state index contributed by atoms with van der Waals surface area (Å²) in [4.78, 5) is 28.7. The summed E-state index contributed by atoms with van der Waals surface area (Å²) in [6.45, 7) is 1.93. The average Bonchev–Trinajstić information content (AvgIpc) is 3.45. The first kappa shape index (κ1) is 21.8. The van der Waals surface area contributed by atoms with Gasteiger partial charge in [0.05, 0.1) is 30.2 Å². The lowest BCUT2D eigenvalue weighted by atomic mass is 10.0. The molecule has 1 aromatic carbocycles. The molecule has 6 rings (SSSR count). The smallest absolute Gasteiger partial charge is 0.262 e. The minimum absolute atomic E-state index is 0.0661. The van der Waals surface area contributed by atoms with Gasteiger partial charge in [0.15, 0.2) is 0 Å². The van der Waals surface area contributed by atoms with Crippen molar-refractivity contribution < 1.29 is 0 Å². The second-order valence-electron chi connectivity index (χ2n) is 8.93. The summed E-state index contributed by atoms with van der Waals surface area (Å²) >= 11 is 0. The first-order chi connectivity index (χ1) is 17.4. The van der Waals surface area contributed by atoms with Crippen LogP contribution in [0.5, 0.6) is 0 Å². The molecule has 13 nitrogen and oxygen atoms in total. The van der Waals surface area contributed by atoms with Crippen molar-refractivity contribution >= 4 is 22.5 Å². The zero-order valence-electron chi connectivity index (χ0n) is 20.0. The molecule has 4 aromatic heterocycles. The predicted molar refractivity (Wildman–Crippen MR) is 133 cm³/mol. The second-order valence-corrected chi connectivity index (χ2v) is 8.93. The highest BCUT2D eigenvalue weighted by molar-refractivity contribution is 5.93. The first-order valence-electron chi connectivity index (χ1n) is 11.6. The van der Waals surface area contributed by atoms with Gasteiger partial charge in [0.2, 0.25) is 5.82 Å². The van der Waals surface area contributed by atoms with Crippen LogP contribution < -0.4 is 16.6 Å². The van der Waals surface area contributed by atoms with Gasteiger partial charge in [0, 0.05) is 24.8 Å². The van der Waals surface area contributed by atoms with Crippen molar-refractivity contribution in [3.63, 3.8) is 0 Å². The van der Waals surface area contributed by atoms with Crippen LogP contribution in [0.2, 0.25) is 0 Å². The topological polar surface area (TPSA) is 160 Å². The molecule has 0 unspecified atom stereocenters. The van der Waals surface area contributed by atoms with E-state index in [-0.39, 0.29) is 23.5 Å². The van der Waals surface area contributed by atoms with E-state index in [0.717, 1.165) is 24.0 Å². The molecule has 0 bridgehead atoms. The van der Waals surface area contributed by atoms with Gasteiger partial charge in [-0.2, -0.15) is 9.90 Å². The molecule has 1 aliphatic rings. The molecule has 3 N–H and O–H groups in total. The number of hydrogen-bond donors (Lipinski definition) is 2. The van der Waals surface area contributed by atoms with E-state index in [1.165, 1.54) is 11.1 Å². The number of rotatable bonds is 6. The van der Waals surface area contributed by atoms with Crippen LogP contribution >= 0.6 is 0 Å². The normalized spacial score (nSPS) is 14.3. The van der Waals surface area contributed by atoms with Crippen LogP contribution in [0.4, 0.5) is 11.6 Å². The zero-order valence-corrected chi connectivity index (χ0v) is 20.0. The highest BCUT2D eigenvalue weighted by atomic mass is 16.1. The van der Waals surface area contributed by atoms with Crippen LogP contribution in [0.25, 0.3) is 33.4 Å². The molecule has 1 atom stereocenters. The zero-order chi connectivity index (χ0) is 25.0. The van der Waals surface area contributed by atoms with Crippen molar-refractivity contribution in [3.8, 4) is 22.5 Å².